The van der Waals surface area contributed by atoms with Gasteiger partial charge in [0, 0.05) is 65.6 Å². The fourth-order valence-electron chi connectivity index (χ4n) is 15.7. The molecule has 0 saturated heterocycles. The standard InChI is InChI=1S/C82H70N4/c1-81(2,3)55-39-33-53(34-40-55)75-59-27-15-13-21-51(59)37-45-69(75)83(57-23-9-7-10-24-57)71-47-43-61-65-49-74-66(50-73(65)85-67-31-19-17-29-63(67)77(71)79(61)85)62-44-48-72(78-64-30-18-20-32-68(64)86(74)80(62)78)84(58-25-11-8-12-26-58)70-46-38-52-22-14-16-28-60(52)76(70)54-35-41-56(42-36-54)82(4,5)6/h7-12,17-20,23-26,29-50H,13-16,21-22,27-28H2,1-6H3. The second-order valence-electron chi connectivity index (χ2n) is 26.9. The maximum absolute atomic E-state index is 2.60. The lowest BCUT2D eigenvalue weighted by molar-refractivity contribution is 0.590. The molecule has 11 aromatic carbocycles. The number of anilines is 6. The van der Waals surface area contributed by atoms with E-state index in [2.05, 4.69) is 279 Å². The molecule has 4 heterocycles. The second kappa shape index (κ2) is 19.1. The van der Waals surface area contributed by atoms with Crippen LogP contribution in [-0.2, 0) is 36.5 Å². The van der Waals surface area contributed by atoms with Crippen molar-refractivity contribution in [1.82, 2.24) is 8.80 Å². The number of rotatable bonds is 8. The van der Waals surface area contributed by atoms with Crippen LogP contribution >= 0.6 is 0 Å². The van der Waals surface area contributed by atoms with Gasteiger partial charge in [0.15, 0.2) is 0 Å². The number of para-hydroxylation sites is 4. The molecule has 4 heteroatoms. The lowest BCUT2D eigenvalue weighted by Crippen LogP contribution is -2.15. The predicted octanol–water partition coefficient (Wildman–Crippen LogP) is 22.6. The highest BCUT2D eigenvalue weighted by Gasteiger charge is 2.32. The number of nitrogens with zero attached hydrogens (tertiary/aromatic N) is 4. The van der Waals surface area contributed by atoms with E-state index in [-0.39, 0.29) is 10.8 Å². The molecule has 0 bridgehead atoms. The lowest BCUT2D eigenvalue weighted by atomic mass is 9.82. The minimum Gasteiger partial charge on any atom is -0.309 e. The third-order valence-corrected chi connectivity index (χ3v) is 19.9. The van der Waals surface area contributed by atoms with E-state index >= 15 is 0 Å². The summed E-state index contributed by atoms with van der Waals surface area (Å²) in [4.78, 5) is 5.18. The van der Waals surface area contributed by atoms with Gasteiger partial charge in [0.1, 0.15) is 0 Å². The summed E-state index contributed by atoms with van der Waals surface area (Å²) in [5, 5.41) is 10.1. The van der Waals surface area contributed by atoms with E-state index in [0.29, 0.717) is 0 Å². The van der Waals surface area contributed by atoms with Gasteiger partial charge in [-0.1, -0.05) is 187 Å². The summed E-state index contributed by atoms with van der Waals surface area (Å²) in [6, 6.07) is 84.2. The molecular formula is C82H70N4. The van der Waals surface area contributed by atoms with Gasteiger partial charge in [0.25, 0.3) is 0 Å². The Morgan fingerprint density at radius 1 is 0.314 bits per heavy atom. The first kappa shape index (κ1) is 51.1. The summed E-state index contributed by atoms with van der Waals surface area (Å²) in [6.07, 6.45) is 9.27. The van der Waals surface area contributed by atoms with E-state index in [1.807, 2.05) is 0 Å². The van der Waals surface area contributed by atoms with Crippen molar-refractivity contribution in [1.29, 1.82) is 0 Å². The zero-order chi connectivity index (χ0) is 57.7. The highest BCUT2D eigenvalue weighted by atomic mass is 15.2. The highest BCUT2D eigenvalue weighted by Crippen LogP contribution is 2.54. The first-order valence-corrected chi connectivity index (χ1v) is 31.5. The van der Waals surface area contributed by atoms with E-state index in [9.17, 15) is 0 Å². The Labute approximate surface area is 503 Å². The van der Waals surface area contributed by atoms with Crippen LogP contribution in [0.3, 0.4) is 0 Å². The molecule has 0 unspecified atom stereocenters. The molecule has 0 radical (unpaired) electrons. The molecule has 2 aliphatic carbocycles. The molecular weight excluding hydrogens is 1040 g/mol. The first-order chi connectivity index (χ1) is 42.0. The molecule has 4 aromatic heterocycles. The zero-order valence-corrected chi connectivity index (χ0v) is 50.2. The maximum Gasteiger partial charge on any atom is 0.0641 e. The van der Waals surface area contributed by atoms with E-state index < -0.39 is 0 Å². The van der Waals surface area contributed by atoms with Crippen LogP contribution in [0, 0.1) is 0 Å². The molecule has 0 atom stereocenters. The molecule has 86 heavy (non-hydrogen) atoms. The Morgan fingerprint density at radius 2 is 0.686 bits per heavy atom. The molecule has 0 saturated carbocycles. The van der Waals surface area contributed by atoms with Crippen molar-refractivity contribution in [3.63, 3.8) is 0 Å². The average molecular weight is 1110 g/mol. The number of aryl methyl sites for hydroxylation is 2. The largest absolute Gasteiger partial charge is 0.309 e. The summed E-state index contributed by atoms with van der Waals surface area (Å²) >= 11 is 0. The Morgan fingerprint density at radius 3 is 1.09 bits per heavy atom. The van der Waals surface area contributed by atoms with Gasteiger partial charge in [-0.15, -0.1) is 0 Å². The second-order valence-corrected chi connectivity index (χ2v) is 26.9. The molecule has 17 rings (SSSR count). The Kier molecular flexibility index (Phi) is 11.3. The molecule has 4 nitrogen and oxygen atoms in total. The Bertz CT molecular complexity index is 4840. The minimum atomic E-state index is 0.0614. The van der Waals surface area contributed by atoms with Crippen LogP contribution in [0.25, 0.3) is 98.4 Å². The SMILES string of the molecule is CC(C)(C)c1ccc(-c2c(N(c3ccccc3)c3ccc4c5cc6c(cc5n5c7ccccc7c3c45)c3ccc(N(c4ccccc4)c4ccc5c(c4-c4ccc(C(C)(C)C)cc4)CCCC5)c4c5ccccc5n6c34)ccc3c2CCCC3)cc1. The van der Waals surface area contributed by atoms with Crippen molar-refractivity contribution in [2.45, 2.75) is 104 Å². The van der Waals surface area contributed by atoms with Crippen LogP contribution in [0.2, 0.25) is 0 Å². The van der Waals surface area contributed by atoms with Crippen LogP contribution < -0.4 is 9.80 Å². The van der Waals surface area contributed by atoms with Crippen molar-refractivity contribution >= 4 is 110 Å². The van der Waals surface area contributed by atoms with Gasteiger partial charge in [0.2, 0.25) is 0 Å². The smallest absolute Gasteiger partial charge is 0.0641 e. The predicted molar refractivity (Wildman–Crippen MR) is 367 cm³/mol. The van der Waals surface area contributed by atoms with Gasteiger partial charge in [-0.25, -0.2) is 0 Å². The molecule has 0 N–H and O–H groups in total. The maximum atomic E-state index is 2.60. The van der Waals surface area contributed by atoms with Crippen LogP contribution in [0.5, 0.6) is 0 Å². The highest BCUT2D eigenvalue weighted by molar-refractivity contribution is 6.32. The molecule has 418 valence electrons. The van der Waals surface area contributed by atoms with Gasteiger partial charge in [-0.2, -0.15) is 0 Å². The van der Waals surface area contributed by atoms with E-state index in [1.54, 1.807) is 0 Å². The first-order valence-electron chi connectivity index (χ1n) is 31.5. The summed E-state index contributed by atoms with van der Waals surface area (Å²) in [5.41, 5.74) is 28.7. The summed E-state index contributed by atoms with van der Waals surface area (Å²) < 4.78 is 5.20. The van der Waals surface area contributed by atoms with Gasteiger partial charge in [0.05, 0.1) is 55.8 Å². The van der Waals surface area contributed by atoms with E-state index in [1.165, 1.54) is 180 Å². The van der Waals surface area contributed by atoms with Gasteiger partial charge < -0.3 is 18.6 Å². The third kappa shape index (κ3) is 7.60. The quantitative estimate of drug-likeness (QED) is 0.151. The van der Waals surface area contributed by atoms with E-state index in [0.717, 1.165) is 37.1 Å². The number of hydrogen-bond acceptors (Lipinski definition) is 2. The van der Waals surface area contributed by atoms with E-state index in [4.69, 9.17) is 0 Å². The molecule has 15 aromatic rings. The van der Waals surface area contributed by atoms with Gasteiger partial charge >= 0.3 is 0 Å². The number of benzene rings is 11. The van der Waals surface area contributed by atoms with Crippen LogP contribution in [0.1, 0.15) is 101 Å². The van der Waals surface area contributed by atoms with Crippen LogP contribution in [0.4, 0.5) is 34.1 Å². The van der Waals surface area contributed by atoms with Gasteiger partial charge in [-0.05, 0) is 180 Å². The van der Waals surface area contributed by atoms with Crippen molar-refractivity contribution in [3.8, 4) is 22.3 Å². The minimum absolute atomic E-state index is 0.0614. The van der Waals surface area contributed by atoms with Gasteiger partial charge in [-0.3, -0.25) is 0 Å². The molecule has 0 spiro atoms. The lowest BCUT2D eigenvalue weighted by Gasteiger charge is -2.32. The molecule has 0 aliphatic heterocycles. The zero-order valence-electron chi connectivity index (χ0n) is 50.2. The molecule has 0 amide bonds. The van der Waals surface area contributed by atoms with Crippen molar-refractivity contribution in [3.05, 3.63) is 252 Å². The topological polar surface area (TPSA) is 15.3 Å². The monoisotopic (exact) mass is 1110 g/mol. The Hall–Kier alpha value is -9.38. The molecule has 0 fully saturated rings. The average Bonchev–Trinajstić information content (AvgIpc) is 1.54. The number of aromatic nitrogens is 2. The fraction of sp³-hybridized carbons (Fsp3) is 0.195. The summed E-state index contributed by atoms with van der Waals surface area (Å²) in [6.45, 7) is 13.9. The number of fused-ring (bicyclic) bond motifs is 14. The fourth-order valence-corrected chi connectivity index (χ4v) is 15.7. The summed E-state index contributed by atoms with van der Waals surface area (Å²) in [7, 11) is 0. The van der Waals surface area contributed by atoms with Crippen molar-refractivity contribution in [2.24, 2.45) is 0 Å². The summed E-state index contributed by atoms with van der Waals surface area (Å²) in [5.74, 6) is 0. The Balaban J connectivity index is 0.910. The van der Waals surface area contributed by atoms with Crippen molar-refractivity contribution < 1.29 is 0 Å². The van der Waals surface area contributed by atoms with Crippen LogP contribution in [-0.4, -0.2) is 8.80 Å². The van der Waals surface area contributed by atoms with Crippen molar-refractivity contribution in [2.75, 3.05) is 9.80 Å². The normalized spacial score (nSPS) is 14.0. The third-order valence-electron chi connectivity index (χ3n) is 19.9. The molecule has 2 aliphatic rings. The number of hydrogen-bond donors (Lipinski definition) is 0. The van der Waals surface area contributed by atoms with Crippen LogP contribution in [0.15, 0.2) is 218 Å².